The van der Waals surface area contributed by atoms with Crippen molar-refractivity contribution in [2.75, 3.05) is 44.2 Å². The van der Waals surface area contributed by atoms with Gasteiger partial charge >= 0.3 is 0 Å². The van der Waals surface area contributed by atoms with Gasteiger partial charge in [0.2, 0.25) is 0 Å². The first-order chi connectivity index (χ1) is 13.3. The number of rotatable bonds is 4. The number of aromatic nitrogens is 1. The van der Waals surface area contributed by atoms with Crippen molar-refractivity contribution in [2.45, 2.75) is 51.0 Å². The fraction of sp³-hybridized carbons (Fsp3) is 0.727. The first-order valence-electron chi connectivity index (χ1n) is 11.0. The molecule has 0 aromatic carbocycles. The van der Waals surface area contributed by atoms with E-state index in [4.69, 9.17) is 0 Å². The Balaban J connectivity index is 1.31. The van der Waals surface area contributed by atoms with Crippen molar-refractivity contribution in [2.24, 2.45) is 11.8 Å². The molecule has 5 heteroatoms. The number of amides is 1. The summed E-state index contributed by atoms with van der Waals surface area (Å²) in [6.45, 7) is 6.52. The molecule has 27 heavy (non-hydrogen) atoms. The van der Waals surface area contributed by atoms with Gasteiger partial charge in [0.1, 0.15) is 5.82 Å². The Morgan fingerprint density at radius 2 is 1.89 bits per heavy atom. The molecule has 4 saturated heterocycles. The number of carbonyl (C=O) groups is 1. The van der Waals surface area contributed by atoms with Crippen LogP contribution in [0.4, 0.5) is 5.82 Å². The van der Waals surface area contributed by atoms with E-state index >= 15 is 0 Å². The summed E-state index contributed by atoms with van der Waals surface area (Å²) in [6.07, 6.45) is 11.1. The van der Waals surface area contributed by atoms with E-state index in [0.29, 0.717) is 6.04 Å². The van der Waals surface area contributed by atoms with E-state index in [0.717, 1.165) is 62.2 Å². The van der Waals surface area contributed by atoms with Gasteiger partial charge in [-0.3, -0.25) is 9.69 Å². The second-order valence-electron chi connectivity index (χ2n) is 9.16. The summed E-state index contributed by atoms with van der Waals surface area (Å²) < 4.78 is 0. The lowest BCUT2D eigenvalue weighted by Gasteiger charge is -2.40. The molecule has 1 aromatic heterocycles. The fourth-order valence-corrected chi connectivity index (χ4v) is 5.42. The lowest BCUT2D eigenvalue weighted by molar-refractivity contribution is 0.0792. The van der Waals surface area contributed by atoms with E-state index in [1.807, 2.05) is 23.2 Å². The van der Waals surface area contributed by atoms with E-state index in [1.54, 1.807) is 0 Å². The summed E-state index contributed by atoms with van der Waals surface area (Å²) in [5.41, 5.74) is 0.810. The molecule has 5 heterocycles. The van der Waals surface area contributed by atoms with Crippen molar-refractivity contribution in [1.82, 2.24) is 14.8 Å². The molecule has 1 aliphatic carbocycles. The SMILES string of the molecule is O=C(c1ccnc(N2C[C@H]3CC[C@@H](C2)N(CC2CCC2)C3)c1)N1CCCC1. The Labute approximate surface area is 162 Å². The third-order valence-corrected chi connectivity index (χ3v) is 7.25. The molecule has 1 aromatic rings. The molecule has 2 bridgehead atoms. The molecule has 5 nitrogen and oxygen atoms in total. The highest BCUT2D eigenvalue weighted by Crippen LogP contribution is 2.34. The van der Waals surface area contributed by atoms with Crippen LogP contribution >= 0.6 is 0 Å². The minimum absolute atomic E-state index is 0.181. The summed E-state index contributed by atoms with van der Waals surface area (Å²) in [4.78, 5) is 24.7. The third kappa shape index (κ3) is 3.58. The van der Waals surface area contributed by atoms with Crippen molar-refractivity contribution in [1.29, 1.82) is 0 Å². The number of likely N-dealkylation sites (tertiary alicyclic amines) is 1. The average molecular weight is 369 g/mol. The molecule has 146 valence electrons. The van der Waals surface area contributed by atoms with Gasteiger partial charge in [0.15, 0.2) is 0 Å². The maximum Gasteiger partial charge on any atom is 0.254 e. The van der Waals surface area contributed by atoms with Gasteiger partial charge in [-0.05, 0) is 62.5 Å². The van der Waals surface area contributed by atoms with E-state index in [9.17, 15) is 4.79 Å². The standard InChI is InChI=1S/C22H32N4O/c27-22(24-10-1-2-11-24)19-8-9-23-21(12-19)26-15-18-6-7-20(16-26)25(14-18)13-17-4-3-5-17/h8-9,12,17-18,20H,1-7,10-11,13-16H2/t18-,20-/m0/s1. The van der Waals surface area contributed by atoms with Crippen LogP contribution in [-0.2, 0) is 0 Å². The smallest absolute Gasteiger partial charge is 0.254 e. The largest absolute Gasteiger partial charge is 0.355 e. The van der Waals surface area contributed by atoms with Crippen molar-refractivity contribution in [3.05, 3.63) is 23.9 Å². The summed E-state index contributed by atoms with van der Waals surface area (Å²) in [7, 11) is 0. The van der Waals surface area contributed by atoms with Crippen molar-refractivity contribution >= 4 is 11.7 Å². The molecular weight excluding hydrogens is 336 g/mol. The fourth-order valence-electron chi connectivity index (χ4n) is 5.42. The Morgan fingerprint density at radius 3 is 2.67 bits per heavy atom. The van der Waals surface area contributed by atoms with Gasteiger partial charge in [-0.15, -0.1) is 0 Å². The monoisotopic (exact) mass is 368 g/mol. The van der Waals surface area contributed by atoms with Gasteiger partial charge in [-0.1, -0.05) is 6.42 Å². The Bertz CT molecular complexity index is 683. The number of anilines is 1. The highest BCUT2D eigenvalue weighted by atomic mass is 16.2. The molecule has 6 rings (SSSR count). The molecule has 5 fully saturated rings. The summed E-state index contributed by atoms with van der Waals surface area (Å²) in [5, 5.41) is 0. The summed E-state index contributed by atoms with van der Waals surface area (Å²) in [5.74, 6) is 2.86. The lowest BCUT2D eigenvalue weighted by atomic mass is 9.83. The highest BCUT2D eigenvalue weighted by molar-refractivity contribution is 5.95. The van der Waals surface area contributed by atoms with E-state index in [1.165, 1.54) is 45.2 Å². The maximum absolute atomic E-state index is 12.8. The molecule has 0 radical (unpaired) electrons. The number of hydrogen-bond donors (Lipinski definition) is 0. The Morgan fingerprint density at radius 1 is 1.04 bits per heavy atom. The predicted octanol–water partition coefficient (Wildman–Crippen LogP) is 3.02. The van der Waals surface area contributed by atoms with Crippen molar-refractivity contribution in [3.63, 3.8) is 0 Å². The van der Waals surface area contributed by atoms with Crippen LogP contribution < -0.4 is 4.90 Å². The van der Waals surface area contributed by atoms with E-state index in [-0.39, 0.29) is 5.91 Å². The van der Waals surface area contributed by atoms with Gasteiger partial charge in [-0.25, -0.2) is 4.98 Å². The topological polar surface area (TPSA) is 39.7 Å². The zero-order chi connectivity index (χ0) is 18.2. The van der Waals surface area contributed by atoms with E-state index < -0.39 is 0 Å². The number of fused-ring (bicyclic) bond motifs is 4. The first kappa shape index (κ1) is 17.5. The highest BCUT2D eigenvalue weighted by Gasteiger charge is 2.37. The molecule has 0 N–H and O–H groups in total. The third-order valence-electron chi connectivity index (χ3n) is 7.25. The number of piperidine rings is 1. The zero-order valence-corrected chi connectivity index (χ0v) is 16.4. The van der Waals surface area contributed by atoms with Gasteiger partial charge in [0.05, 0.1) is 0 Å². The van der Waals surface area contributed by atoms with Crippen LogP contribution in [0, 0.1) is 11.8 Å². The average Bonchev–Trinajstić information content (AvgIpc) is 3.05. The maximum atomic E-state index is 12.8. The molecule has 2 atom stereocenters. The van der Waals surface area contributed by atoms with Crippen LogP contribution in [0.25, 0.3) is 0 Å². The lowest BCUT2D eigenvalue weighted by Crippen LogP contribution is -2.47. The van der Waals surface area contributed by atoms with Gasteiger partial charge in [-0.2, -0.15) is 0 Å². The molecular formula is C22H32N4O. The molecule has 1 saturated carbocycles. The van der Waals surface area contributed by atoms with Crippen LogP contribution in [0.2, 0.25) is 0 Å². The summed E-state index contributed by atoms with van der Waals surface area (Å²) >= 11 is 0. The molecule has 5 aliphatic rings. The van der Waals surface area contributed by atoms with Crippen LogP contribution in [0.3, 0.4) is 0 Å². The summed E-state index contributed by atoms with van der Waals surface area (Å²) in [6, 6.07) is 4.59. The number of nitrogens with zero attached hydrogens (tertiary/aromatic N) is 4. The van der Waals surface area contributed by atoms with Crippen LogP contribution in [0.5, 0.6) is 0 Å². The minimum Gasteiger partial charge on any atom is -0.355 e. The van der Waals surface area contributed by atoms with Gasteiger partial charge in [0.25, 0.3) is 5.91 Å². The predicted molar refractivity (Wildman–Crippen MR) is 107 cm³/mol. The number of hydrogen-bond acceptors (Lipinski definition) is 4. The second kappa shape index (κ2) is 7.42. The Hall–Kier alpha value is -1.62. The van der Waals surface area contributed by atoms with E-state index in [2.05, 4.69) is 14.8 Å². The van der Waals surface area contributed by atoms with Gasteiger partial charge < -0.3 is 9.80 Å². The zero-order valence-electron chi connectivity index (χ0n) is 16.4. The van der Waals surface area contributed by atoms with Crippen molar-refractivity contribution in [3.8, 4) is 0 Å². The number of carbonyl (C=O) groups excluding carboxylic acids is 1. The second-order valence-corrected chi connectivity index (χ2v) is 9.16. The number of pyridine rings is 1. The molecule has 1 amide bonds. The van der Waals surface area contributed by atoms with Gasteiger partial charge in [0, 0.05) is 57.1 Å². The van der Waals surface area contributed by atoms with Crippen molar-refractivity contribution < 1.29 is 4.79 Å². The Kier molecular flexibility index (Phi) is 4.80. The molecule has 0 spiro atoms. The van der Waals surface area contributed by atoms with Crippen LogP contribution in [0.1, 0.15) is 55.3 Å². The normalized spacial score (nSPS) is 29.0. The molecule has 4 aliphatic heterocycles. The quantitative estimate of drug-likeness (QED) is 0.819. The van der Waals surface area contributed by atoms with Crippen LogP contribution in [0.15, 0.2) is 18.3 Å². The molecule has 0 unspecified atom stereocenters. The first-order valence-corrected chi connectivity index (χ1v) is 11.0. The minimum atomic E-state index is 0.181. The van der Waals surface area contributed by atoms with Crippen LogP contribution in [-0.4, -0.2) is 66.0 Å².